The standard InChI is InChI=1S/C6H6F3NS/c7-6(8,9)11-5-2-1-3-10-4-5/h1,3-4,10H,2H2. The number of nitrogens with one attached hydrogen (secondary N) is 1. The van der Waals surface area contributed by atoms with Crippen LogP contribution in [0.15, 0.2) is 23.4 Å². The summed E-state index contributed by atoms with van der Waals surface area (Å²) in [6.45, 7) is 0. The van der Waals surface area contributed by atoms with Crippen LogP contribution < -0.4 is 5.32 Å². The van der Waals surface area contributed by atoms with Gasteiger partial charge < -0.3 is 5.32 Å². The Labute approximate surface area is 66.3 Å². The molecule has 0 aliphatic carbocycles. The second-order valence-electron chi connectivity index (χ2n) is 1.93. The van der Waals surface area contributed by atoms with E-state index in [4.69, 9.17) is 0 Å². The van der Waals surface area contributed by atoms with Gasteiger partial charge in [0, 0.05) is 11.1 Å². The largest absolute Gasteiger partial charge is 0.446 e. The quantitative estimate of drug-likeness (QED) is 0.667. The van der Waals surface area contributed by atoms with Crippen molar-refractivity contribution in [1.29, 1.82) is 0 Å². The first kappa shape index (κ1) is 8.52. The van der Waals surface area contributed by atoms with Gasteiger partial charge in [0.1, 0.15) is 0 Å². The Bertz CT molecular complexity index is 194. The minimum absolute atomic E-state index is 0.0750. The summed E-state index contributed by atoms with van der Waals surface area (Å²) >= 11 is -0.0750. The van der Waals surface area contributed by atoms with Gasteiger partial charge in [-0.3, -0.25) is 0 Å². The number of hydrogen-bond acceptors (Lipinski definition) is 2. The molecule has 0 aromatic heterocycles. The highest BCUT2D eigenvalue weighted by atomic mass is 32.2. The van der Waals surface area contributed by atoms with E-state index in [1.807, 2.05) is 0 Å². The Kier molecular flexibility index (Phi) is 2.49. The molecule has 0 atom stereocenters. The molecule has 0 saturated carbocycles. The average Bonchev–Trinajstić information content (AvgIpc) is 1.85. The molecule has 0 aromatic rings. The molecule has 1 rings (SSSR count). The van der Waals surface area contributed by atoms with Crippen LogP contribution in [0.4, 0.5) is 13.2 Å². The maximum Gasteiger partial charge on any atom is 0.446 e. The molecule has 1 nitrogen and oxygen atoms in total. The minimum atomic E-state index is -4.17. The van der Waals surface area contributed by atoms with E-state index < -0.39 is 5.51 Å². The molecule has 0 radical (unpaired) electrons. The lowest BCUT2D eigenvalue weighted by molar-refractivity contribution is -0.0322. The lowest BCUT2D eigenvalue weighted by Gasteiger charge is -2.10. The van der Waals surface area contributed by atoms with Crippen molar-refractivity contribution in [3.8, 4) is 0 Å². The van der Waals surface area contributed by atoms with Crippen LogP contribution in [-0.2, 0) is 0 Å². The van der Waals surface area contributed by atoms with Crippen LogP contribution in [0.1, 0.15) is 6.42 Å². The summed E-state index contributed by atoms with van der Waals surface area (Å²) < 4.78 is 35.1. The van der Waals surface area contributed by atoms with E-state index in [0.29, 0.717) is 11.3 Å². The highest BCUT2D eigenvalue weighted by Gasteiger charge is 2.30. The Balaban J connectivity index is 2.44. The Morgan fingerprint density at radius 1 is 1.45 bits per heavy atom. The zero-order valence-corrected chi connectivity index (χ0v) is 6.30. The summed E-state index contributed by atoms with van der Waals surface area (Å²) in [5.74, 6) is 0. The Morgan fingerprint density at radius 3 is 2.64 bits per heavy atom. The van der Waals surface area contributed by atoms with E-state index in [1.165, 1.54) is 6.20 Å². The fourth-order valence-electron chi connectivity index (χ4n) is 0.663. The number of rotatable bonds is 1. The molecule has 0 aromatic carbocycles. The van der Waals surface area contributed by atoms with Gasteiger partial charge in [-0.15, -0.1) is 0 Å². The van der Waals surface area contributed by atoms with E-state index in [9.17, 15) is 13.2 Å². The van der Waals surface area contributed by atoms with Gasteiger partial charge in [-0.05, 0) is 24.4 Å². The normalized spacial score (nSPS) is 17.5. The highest BCUT2D eigenvalue weighted by molar-refractivity contribution is 8.03. The molecule has 0 bridgehead atoms. The summed E-state index contributed by atoms with van der Waals surface area (Å²) in [4.78, 5) is 0.292. The molecule has 5 heteroatoms. The van der Waals surface area contributed by atoms with Crippen molar-refractivity contribution >= 4 is 11.8 Å². The summed E-state index contributed by atoms with van der Waals surface area (Å²) in [7, 11) is 0. The van der Waals surface area contributed by atoms with E-state index in [-0.39, 0.29) is 11.8 Å². The van der Waals surface area contributed by atoms with Crippen molar-refractivity contribution in [2.24, 2.45) is 0 Å². The molecule has 1 heterocycles. The summed E-state index contributed by atoms with van der Waals surface area (Å²) in [5, 5.41) is 2.59. The first-order chi connectivity index (χ1) is 5.08. The predicted molar refractivity (Wildman–Crippen MR) is 38.6 cm³/mol. The SMILES string of the molecule is FC(F)(F)SC1=CNC=CC1. The van der Waals surface area contributed by atoms with Gasteiger partial charge in [0.15, 0.2) is 0 Å². The van der Waals surface area contributed by atoms with E-state index in [2.05, 4.69) is 5.32 Å². The van der Waals surface area contributed by atoms with Crippen LogP contribution in [0.3, 0.4) is 0 Å². The molecule has 0 spiro atoms. The summed E-state index contributed by atoms with van der Waals surface area (Å²) in [6, 6.07) is 0. The zero-order chi connectivity index (χ0) is 8.32. The monoisotopic (exact) mass is 181 g/mol. The summed E-state index contributed by atoms with van der Waals surface area (Å²) in [6.07, 6.45) is 4.98. The van der Waals surface area contributed by atoms with Crippen molar-refractivity contribution in [1.82, 2.24) is 5.32 Å². The minimum Gasteiger partial charge on any atom is -0.367 e. The van der Waals surface area contributed by atoms with Gasteiger partial charge in [-0.1, -0.05) is 6.08 Å². The third-order valence-electron chi connectivity index (χ3n) is 1.02. The number of hydrogen-bond donors (Lipinski definition) is 1. The van der Waals surface area contributed by atoms with Crippen LogP contribution in [0, 0.1) is 0 Å². The van der Waals surface area contributed by atoms with Gasteiger partial charge in [-0.2, -0.15) is 13.2 Å². The van der Waals surface area contributed by atoms with Crippen molar-refractivity contribution in [2.45, 2.75) is 11.9 Å². The van der Waals surface area contributed by atoms with Crippen LogP contribution >= 0.6 is 11.8 Å². The third-order valence-corrected chi connectivity index (χ3v) is 1.80. The molecule has 1 aliphatic rings. The van der Waals surface area contributed by atoms with Crippen LogP contribution in [0.5, 0.6) is 0 Å². The van der Waals surface area contributed by atoms with Gasteiger partial charge in [-0.25, -0.2) is 0 Å². The lowest BCUT2D eigenvalue weighted by Crippen LogP contribution is -2.05. The Hall–Kier alpha value is -0.580. The van der Waals surface area contributed by atoms with Crippen LogP contribution in [0.2, 0.25) is 0 Å². The molecule has 1 N–H and O–H groups in total. The van der Waals surface area contributed by atoms with Gasteiger partial charge in [0.25, 0.3) is 0 Å². The average molecular weight is 181 g/mol. The number of halogens is 3. The maximum absolute atomic E-state index is 11.7. The van der Waals surface area contributed by atoms with E-state index in [1.54, 1.807) is 12.3 Å². The van der Waals surface area contributed by atoms with Gasteiger partial charge in [0.05, 0.1) is 0 Å². The second kappa shape index (κ2) is 3.21. The van der Waals surface area contributed by atoms with Gasteiger partial charge >= 0.3 is 5.51 Å². The number of dihydropyridines is 1. The zero-order valence-electron chi connectivity index (χ0n) is 5.48. The molecule has 0 saturated heterocycles. The molecular formula is C6H6F3NS. The predicted octanol–water partition coefficient (Wildman–Crippen LogP) is 2.59. The Morgan fingerprint density at radius 2 is 2.18 bits per heavy atom. The van der Waals surface area contributed by atoms with E-state index in [0.717, 1.165) is 0 Å². The smallest absolute Gasteiger partial charge is 0.367 e. The topological polar surface area (TPSA) is 12.0 Å². The number of alkyl halides is 3. The van der Waals surface area contributed by atoms with Crippen LogP contribution in [0.25, 0.3) is 0 Å². The van der Waals surface area contributed by atoms with Crippen molar-refractivity contribution in [2.75, 3.05) is 0 Å². The second-order valence-corrected chi connectivity index (χ2v) is 3.12. The van der Waals surface area contributed by atoms with E-state index >= 15 is 0 Å². The molecule has 0 amide bonds. The first-order valence-electron chi connectivity index (χ1n) is 2.94. The van der Waals surface area contributed by atoms with Crippen molar-refractivity contribution < 1.29 is 13.2 Å². The van der Waals surface area contributed by atoms with Crippen LogP contribution in [-0.4, -0.2) is 5.51 Å². The number of thioether (sulfide) groups is 1. The van der Waals surface area contributed by atoms with Gasteiger partial charge in [0.2, 0.25) is 0 Å². The van der Waals surface area contributed by atoms with Crippen molar-refractivity contribution in [3.63, 3.8) is 0 Å². The molecular weight excluding hydrogens is 175 g/mol. The molecule has 0 unspecified atom stereocenters. The highest BCUT2D eigenvalue weighted by Crippen LogP contribution is 2.37. The molecule has 62 valence electrons. The number of allylic oxidation sites excluding steroid dienone is 2. The molecule has 0 fully saturated rings. The third kappa shape index (κ3) is 3.36. The summed E-state index contributed by atoms with van der Waals surface area (Å²) in [5.41, 5.74) is -4.17. The van der Waals surface area contributed by atoms with Crippen molar-refractivity contribution in [3.05, 3.63) is 23.4 Å². The molecule has 11 heavy (non-hydrogen) atoms. The lowest BCUT2D eigenvalue weighted by atomic mass is 10.3. The fourth-order valence-corrected chi connectivity index (χ4v) is 1.27. The molecule has 1 aliphatic heterocycles. The first-order valence-corrected chi connectivity index (χ1v) is 3.75. The maximum atomic E-state index is 11.7. The fraction of sp³-hybridized carbons (Fsp3) is 0.333.